The second-order valence-electron chi connectivity index (χ2n) is 8.67. The zero-order valence-electron chi connectivity index (χ0n) is 21.6. The SMILES string of the molecule is C=C.CCCCCCCCCc1ccc2ccccc2c1CCCCCCCCC.N.N. The Labute approximate surface area is 200 Å². The first-order valence-electron chi connectivity index (χ1n) is 12.9. The summed E-state index contributed by atoms with van der Waals surface area (Å²) in [5, 5.41) is 2.93. The van der Waals surface area contributed by atoms with Crippen LogP contribution < -0.4 is 12.3 Å². The third-order valence-electron chi connectivity index (χ3n) is 6.22. The fraction of sp³-hybridized carbons (Fsp3) is 0.600. The molecule has 0 bridgehead atoms. The highest BCUT2D eigenvalue weighted by Crippen LogP contribution is 2.26. The highest BCUT2D eigenvalue weighted by atomic mass is 14.1. The van der Waals surface area contributed by atoms with Crippen LogP contribution in [0.2, 0.25) is 0 Å². The molecule has 0 saturated carbocycles. The Morgan fingerprint density at radius 2 is 1.00 bits per heavy atom. The molecular weight excluding hydrogens is 388 g/mol. The van der Waals surface area contributed by atoms with E-state index in [0.29, 0.717) is 0 Å². The van der Waals surface area contributed by atoms with E-state index in [-0.39, 0.29) is 12.3 Å². The lowest BCUT2D eigenvalue weighted by Crippen LogP contribution is -1.97. The molecule has 2 heteroatoms. The molecule has 2 rings (SSSR count). The molecule has 0 fully saturated rings. The summed E-state index contributed by atoms with van der Waals surface area (Å²) in [7, 11) is 0. The van der Waals surface area contributed by atoms with Gasteiger partial charge in [-0.2, -0.15) is 0 Å². The molecule has 0 unspecified atom stereocenters. The first-order chi connectivity index (χ1) is 14.9. The van der Waals surface area contributed by atoms with Crippen molar-refractivity contribution in [2.24, 2.45) is 0 Å². The average Bonchev–Trinajstić information content (AvgIpc) is 2.80. The van der Waals surface area contributed by atoms with Gasteiger partial charge in [-0.25, -0.2) is 0 Å². The van der Waals surface area contributed by atoms with Crippen molar-refractivity contribution in [1.82, 2.24) is 12.3 Å². The first-order valence-corrected chi connectivity index (χ1v) is 12.9. The van der Waals surface area contributed by atoms with E-state index < -0.39 is 0 Å². The van der Waals surface area contributed by atoms with Gasteiger partial charge in [0.1, 0.15) is 0 Å². The Hall–Kier alpha value is -1.64. The van der Waals surface area contributed by atoms with Crippen LogP contribution in [0, 0.1) is 0 Å². The molecule has 0 aromatic heterocycles. The van der Waals surface area contributed by atoms with E-state index in [1.54, 1.807) is 11.1 Å². The summed E-state index contributed by atoms with van der Waals surface area (Å²) in [6, 6.07) is 13.8. The number of rotatable bonds is 16. The Bertz CT molecular complexity index is 665. The van der Waals surface area contributed by atoms with Crippen LogP contribution in [-0.4, -0.2) is 0 Å². The van der Waals surface area contributed by atoms with Gasteiger partial charge in [0, 0.05) is 0 Å². The van der Waals surface area contributed by atoms with Crippen molar-refractivity contribution in [3.8, 4) is 0 Å². The van der Waals surface area contributed by atoms with Crippen LogP contribution in [0.25, 0.3) is 10.8 Å². The number of hydrogen-bond donors (Lipinski definition) is 2. The van der Waals surface area contributed by atoms with Gasteiger partial charge < -0.3 is 12.3 Å². The molecule has 0 amide bonds. The molecule has 0 aliphatic rings. The van der Waals surface area contributed by atoms with E-state index in [1.807, 2.05) is 0 Å². The molecule has 184 valence electrons. The maximum absolute atomic E-state index is 3.00. The van der Waals surface area contributed by atoms with Crippen molar-refractivity contribution >= 4 is 10.8 Å². The summed E-state index contributed by atoms with van der Waals surface area (Å²) in [6.07, 6.45) is 22.1. The smallest absolute Gasteiger partial charge is 0.0149 e. The summed E-state index contributed by atoms with van der Waals surface area (Å²) >= 11 is 0. The predicted octanol–water partition coefficient (Wildman–Crippen LogP) is 10.6. The third-order valence-corrected chi connectivity index (χ3v) is 6.22. The first kappa shape index (κ1) is 32.5. The van der Waals surface area contributed by atoms with Gasteiger partial charge in [-0.15, -0.1) is 13.2 Å². The molecule has 0 aliphatic heterocycles. The van der Waals surface area contributed by atoms with Gasteiger partial charge in [0.15, 0.2) is 0 Å². The van der Waals surface area contributed by atoms with E-state index in [0.717, 1.165) is 0 Å². The largest absolute Gasteiger partial charge is 0.344 e. The molecule has 0 heterocycles. The van der Waals surface area contributed by atoms with E-state index in [1.165, 1.54) is 114 Å². The van der Waals surface area contributed by atoms with Gasteiger partial charge in [0.2, 0.25) is 0 Å². The highest BCUT2D eigenvalue weighted by molar-refractivity contribution is 5.86. The van der Waals surface area contributed by atoms with E-state index in [4.69, 9.17) is 0 Å². The molecule has 2 aromatic rings. The maximum Gasteiger partial charge on any atom is -0.0149 e. The van der Waals surface area contributed by atoms with Crippen LogP contribution >= 0.6 is 0 Å². The number of hydrogen-bond acceptors (Lipinski definition) is 2. The Kier molecular flexibility index (Phi) is 22.9. The molecule has 0 spiro atoms. The fourth-order valence-electron chi connectivity index (χ4n) is 4.44. The molecule has 6 N–H and O–H groups in total. The summed E-state index contributed by atoms with van der Waals surface area (Å²) in [4.78, 5) is 0. The Morgan fingerprint density at radius 1 is 0.531 bits per heavy atom. The zero-order chi connectivity index (χ0) is 21.9. The minimum Gasteiger partial charge on any atom is -0.344 e. The van der Waals surface area contributed by atoms with Crippen LogP contribution in [-0.2, 0) is 12.8 Å². The molecule has 0 aliphatic carbocycles. The monoisotopic (exact) mass is 442 g/mol. The van der Waals surface area contributed by atoms with Crippen molar-refractivity contribution in [3.63, 3.8) is 0 Å². The quantitative estimate of drug-likeness (QED) is 0.200. The van der Waals surface area contributed by atoms with Gasteiger partial charge in [0.05, 0.1) is 0 Å². The zero-order valence-corrected chi connectivity index (χ0v) is 21.6. The molecule has 2 aromatic carbocycles. The van der Waals surface area contributed by atoms with Crippen LogP contribution in [0.15, 0.2) is 49.6 Å². The highest BCUT2D eigenvalue weighted by Gasteiger charge is 2.08. The summed E-state index contributed by atoms with van der Waals surface area (Å²) in [6.45, 7) is 10.6. The second kappa shape index (κ2) is 22.6. The third kappa shape index (κ3) is 13.0. The lowest BCUT2D eigenvalue weighted by atomic mass is 9.91. The molecule has 0 radical (unpaired) electrons. The summed E-state index contributed by atoms with van der Waals surface area (Å²) in [5.41, 5.74) is 3.27. The molecule has 0 saturated heterocycles. The topological polar surface area (TPSA) is 70.0 Å². The van der Waals surface area contributed by atoms with Crippen molar-refractivity contribution in [2.45, 2.75) is 117 Å². The van der Waals surface area contributed by atoms with Crippen molar-refractivity contribution in [3.05, 3.63) is 60.7 Å². The summed E-state index contributed by atoms with van der Waals surface area (Å²) in [5.74, 6) is 0. The van der Waals surface area contributed by atoms with Crippen molar-refractivity contribution in [2.75, 3.05) is 0 Å². The van der Waals surface area contributed by atoms with E-state index in [2.05, 4.69) is 63.4 Å². The van der Waals surface area contributed by atoms with Crippen LogP contribution in [0.1, 0.15) is 115 Å². The minimum absolute atomic E-state index is 0. The van der Waals surface area contributed by atoms with Crippen molar-refractivity contribution < 1.29 is 0 Å². The average molecular weight is 443 g/mol. The van der Waals surface area contributed by atoms with Gasteiger partial charge in [0.25, 0.3) is 0 Å². The van der Waals surface area contributed by atoms with Crippen LogP contribution in [0.4, 0.5) is 0 Å². The van der Waals surface area contributed by atoms with Gasteiger partial charge >= 0.3 is 0 Å². The molecule has 2 nitrogen and oxygen atoms in total. The standard InChI is InChI=1S/C28H44.C2H4.2H3N/c1-3-5-7-9-11-13-15-19-25-23-24-26-20-17-18-22-28(26)27(25)21-16-14-12-10-8-6-4-2;1-2;;/h17-18,20,22-24H,3-16,19,21H2,1-2H3;1-2H2;2*1H3. The molecule has 0 atom stereocenters. The molecule has 32 heavy (non-hydrogen) atoms. The van der Waals surface area contributed by atoms with E-state index in [9.17, 15) is 0 Å². The lowest BCUT2D eigenvalue weighted by molar-refractivity contribution is 0.583. The fourth-order valence-corrected chi connectivity index (χ4v) is 4.44. The number of aryl methyl sites for hydroxylation is 2. The van der Waals surface area contributed by atoms with Crippen LogP contribution in [0.5, 0.6) is 0 Å². The van der Waals surface area contributed by atoms with E-state index >= 15 is 0 Å². The van der Waals surface area contributed by atoms with Gasteiger partial charge in [-0.1, -0.05) is 127 Å². The predicted molar refractivity (Wildman–Crippen MR) is 149 cm³/mol. The maximum atomic E-state index is 3.00. The number of fused-ring (bicyclic) bond motifs is 1. The van der Waals surface area contributed by atoms with Crippen molar-refractivity contribution in [1.29, 1.82) is 0 Å². The van der Waals surface area contributed by atoms with Crippen LogP contribution in [0.3, 0.4) is 0 Å². The Balaban J connectivity index is 0. The number of benzene rings is 2. The normalized spacial score (nSPS) is 10.1. The minimum atomic E-state index is 0. The molecular formula is C30H54N2. The summed E-state index contributed by atoms with van der Waals surface area (Å²) < 4.78 is 0. The number of unbranched alkanes of at least 4 members (excludes halogenated alkanes) is 12. The Morgan fingerprint density at radius 3 is 1.56 bits per heavy atom. The lowest BCUT2D eigenvalue weighted by Gasteiger charge is -2.14. The van der Waals surface area contributed by atoms with Gasteiger partial charge in [-0.05, 0) is 47.6 Å². The van der Waals surface area contributed by atoms with Gasteiger partial charge in [-0.3, -0.25) is 0 Å². The second-order valence-corrected chi connectivity index (χ2v) is 8.67.